The first-order valence-electron chi connectivity index (χ1n) is 10.7. The molecule has 1 amide bonds. The lowest BCUT2D eigenvalue weighted by Crippen LogP contribution is -2.17. The molecule has 2 heterocycles. The lowest BCUT2D eigenvalue weighted by Gasteiger charge is -2.12. The van der Waals surface area contributed by atoms with Gasteiger partial charge in [-0.15, -0.1) is 16.4 Å². The molecule has 0 radical (unpaired) electrons. The number of carbonyl (C=O) groups is 2. The number of hydrogen-bond acceptors (Lipinski definition) is 9. The number of thiophene rings is 1. The molecule has 1 aromatic carbocycles. The third-order valence-electron chi connectivity index (χ3n) is 4.96. The van der Waals surface area contributed by atoms with E-state index >= 15 is 0 Å². The summed E-state index contributed by atoms with van der Waals surface area (Å²) in [4.78, 5) is 30.5. The second kappa shape index (κ2) is 11.5. The Hall–Kier alpha value is -2.89. The monoisotopic (exact) mass is 518 g/mol. The average molecular weight is 519 g/mol. The Morgan fingerprint density at radius 3 is 2.88 bits per heavy atom. The predicted molar refractivity (Wildman–Crippen MR) is 135 cm³/mol. The van der Waals surface area contributed by atoms with Gasteiger partial charge in [0.25, 0.3) is 0 Å². The number of nitrogens with one attached hydrogen (secondary N) is 3. The number of halogens is 1. The van der Waals surface area contributed by atoms with Crippen molar-refractivity contribution in [2.45, 2.75) is 37.8 Å². The van der Waals surface area contributed by atoms with Crippen molar-refractivity contribution in [1.82, 2.24) is 15.2 Å². The molecule has 1 aliphatic rings. The maximum Gasteiger partial charge on any atom is 0.341 e. The van der Waals surface area contributed by atoms with Gasteiger partial charge in [0.2, 0.25) is 17.0 Å². The van der Waals surface area contributed by atoms with E-state index in [2.05, 4.69) is 31.0 Å². The lowest BCUT2D eigenvalue weighted by atomic mass is 9.95. The Balaban J connectivity index is 1.32. The molecular formula is C22H23ClN6O3S2. The van der Waals surface area contributed by atoms with Gasteiger partial charge in [0.05, 0.1) is 24.1 Å². The minimum Gasteiger partial charge on any atom is -0.462 e. The summed E-state index contributed by atoms with van der Waals surface area (Å²) in [5.74, 6) is -0.178. The van der Waals surface area contributed by atoms with Crippen molar-refractivity contribution in [3.05, 3.63) is 50.9 Å². The van der Waals surface area contributed by atoms with Gasteiger partial charge in [-0.3, -0.25) is 4.79 Å². The van der Waals surface area contributed by atoms with Crippen molar-refractivity contribution in [2.24, 2.45) is 5.10 Å². The molecule has 0 spiro atoms. The van der Waals surface area contributed by atoms with Gasteiger partial charge in [-0.25, -0.2) is 15.3 Å². The molecule has 12 heteroatoms. The van der Waals surface area contributed by atoms with Gasteiger partial charge in [0.15, 0.2) is 0 Å². The van der Waals surface area contributed by atoms with Crippen molar-refractivity contribution >= 4 is 63.7 Å². The molecule has 4 rings (SSSR count). The van der Waals surface area contributed by atoms with Gasteiger partial charge in [0.1, 0.15) is 5.00 Å². The van der Waals surface area contributed by atoms with Crippen LogP contribution in [-0.2, 0) is 22.4 Å². The summed E-state index contributed by atoms with van der Waals surface area (Å²) in [5, 5.41) is 15.4. The van der Waals surface area contributed by atoms with Gasteiger partial charge in [0, 0.05) is 9.90 Å². The van der Waals surface area contributed by atoms with Crippen LogP contribution in [0.3, 0.4) is 0 Å². The molecule has 0 saturated carbocycles. The van der Waals surface area contributed by atoms with Crippen molar-refractivity contribution < 1.29 is 14.3 Å². The highest BCUT2D eigenvalue weighted by atomic mass is 35.5. The number of hydrazone groups is 1. The summed E-state index contributed by atoms with van der Waals surface area (Å²) in [5.41, 5.74) is 5.15. The first-order valence-corrected chi connectivity index (χ1v) is 12.9. The zero-order chi connectivity index (χ0) is 23.9. The molecule has 0 unspecified atom stereocenters. The fourth-order valence-corrected chi connectivity index (χ4v) is 5.46. The number of ether oxygens (including phenoxy) is 1. The molecule has 178 valence electrons. The van der Waals surface area contributed by atoms with Crippen LogP contribution in [0.15, 0.2) is 34.5 Å². The van der Waals surface area contributed by atoms with E-state index in [4.69, 9.17) is 16.3 Å². The van der Waals surface area contributed by atoms with Gasteiger partial charge >= 0.3 is 5.97 Å². The first-order chi connectivity index (χ1) is 16.5. The van der Waals surface area contributed by atoms with E-state index in [1.165, 1.54) is 23.1 Å². The quantitative estimate of drug-likeness (QED) is 0.162. The van der Waals surface area contributed by atoms with Gasteiger partial charge < -0.3 is 10.1 Å². The number of esters is 1. The number of aromatic nitrogens is 3. The van der Waals surface area contributed by atoms with E-state index in [1.807, 2.05) is 12.1 Å². The van der Waals surface area contributed by atoms with Crippen LogP contribution in [0.2, 0.25) is 5.02 Å². The Labute approximate surface area is 209 Å². The number of amides is 1. The van der Waals surface area contributed by atoms with E-state index in [0.29, 0.717) is 26.7 Å². The summed E-state index contributed by atoms with van der Waals surface area (Å²) in [6.45, 7) is 2.06. The molecule has 0 fully saturated rings. The number of fused-ring (bicyclic) bond motifs is 1. The number of thioether (sulfide) groups is 1. The molecule has 1 aliphatic carbocycles. The Kier molecular flexibility index (Phi) is 8.20. The molecule has 3 N–H and O–H groups in total. The highest BCUT2D eigenvalue weighted by Gasteiger charge is 2.27. The molecule has 0 saturated heterocycles. The van der Waals surface area contributed by atoms with Crippen LogP contribution in [0.4, 0.5) is 10.9 Å². The van der Waals surface area contributed by atoms with Crippen LogP contribution in [-0.4, -0.2) is 45.6 Å². The SMILES string of the molecule is CCOC(=O)c1c(NC(=O)CSc2n[nH]c(N/N=C/c3ccc(Cl)cc3)n2)sc2c1CCCC2. The fourth-order valence-electron chi connectivity index (χ4n) is 3.44. The standard InChI is InChI=1S/C22H23ClN6O3S2/c1-2-32-20(31)18-15-5-3-4-6-16(15)34-19(18)25-17(30)12-33-22-26-21(28-29-22)27-24-11-13-7-9-14(23)10-8-13/h7-11H,2-6,12H2,1H3,(H,25,30)(H2,26,27,28,29)/b24-11+. The molecule has 0 atom stereocenters. The highest BCUT2D eigenvalue weighted by Crippen LogP contribution is 2.38. The van der Waals surface area contributed by atoms with Gasteiger partial charge in [-0.1, -0.05) is 35.5 Å². The largest absolute Gasteiger partial charge is 0.462 e. The van der Waals surface area contributed by atoms with Crippen LogP contribution in [0, 0.1) is 0 Å². The number of anilines is 2. The predicted octanol–water partition coefficient (Wildman–Crippen LogP) is 4.75. The maximum atomic E-state index is 12.6. The zero-order valence-corrected chi connectivity index (χ0v) is 20.8. The summed E-state index contributed by atoms with van der Waals surface area (Å²) < 4.78 is 5.24. The van der Waals surface area contributed by atoms with Gasteiger partial charge in [-0.2, -0.15) is 10.1 Å². The smallest absolute Gasteiger partial charge is 0.341 e. The second-order valence-corrected chi connectivity index (χ2v) is 9.84. The molecule has 34 heavy (non-hydrogen) atoms. The van der Waals surface area contributed by atoms with Crippen LogP contribution in [0.5, 0.6) is 0 Å². The van der Waals surface area contributed by atoms with E-state index in [1.54, 1.807) is 25.3 Å². The Bertz CT molecular complexity index is 1190. The van der Waals surface area contributed by atoms with E-state index in [9.17, 15) is 9.59 Å². The van der Waals surface area contributed by atoms with Crippen molar-refractivity contribution in [1.29, 1.82) is 0 Å². The minimum absolute atomic E-state index is 0.0934. The molecular weight excluding hydrogens is 496 g/mol. The molecule has 0 aliphatic heterocycles. The Morgan fingerprint density at radius 1 is 1.29 bits per heavy atom. The second-order valence-electron chi connectivity index (χ2n) is 7.36. The number of H-pyrrole nitrogens is 1. The minimum atomic E-state index is -0.381. The topological polar surface area (TPSA) is 121 Å². The first kappa shape index (κ1) is 24.2. The van der Waals surface area contributed by atoms with Crippen molar-refractivity contribution in [3.8, 4) is 0 Å². The molecule has 0 bridgehead atoms. The van der Waals surface area contributed by atoms with Crippen molar-refractivity contribution in [2.75, 3.05) is 23.1 Å². The lowest BCUT2D eigenvalue weighted by molar-refractivity contribution is -0.113. The van der Waals surface area contributed by atoms with Crippen molar-refractivity contribution in [3.63, 3.8) is 0 Å². The zero-order valence-electron chi connectivity index (χ0n) is 18.4. The van der Waals surface area contributed by atoms with E-state index in [-0.39, 0.29) is 24.2 Å². The number of rotatable bonds is 9. The number of carbonyl (C=O) groups excluding carboxylic acids is 2. The summed E-state index contributed by atoms with van der Waals surface area (Å²) in [6, 6.07) is 7.23. The molecule has 3 aromatic rings. The number of aromatic amines is 1. The highest BCUT2D eigenvalue weighted by molar-refractivity contribution is 7.99. The number of hydrogen-bond donors (Lipinski definition) is 3. The Morgan fingerprint density at radius 2 is 2.09 bits per heavy atom. The van der Waals surface area contributed by atoms with Gasteiger partial charge in [-0.05, 0) is 55.9 Å². The average Bonchev–Trinajstić information content (AvgIpc) is 3.43. The third-order valence-corrected chi connectivity index (χ3v) is 7.26. The van der Waals surface area contributed by atoms with E-state index in [0.717, 1.165) is 41.7 Å². The normalized spacial score (nSPS) is 13.0. The molecule has 9 nitrogen and oxygen atoms in total. The maximum absolute atomic E-state index is 12.6. The number of benzene rings is 1. The van der Waals surface area contributed by atoms with Crippen LogP contribution >= 0.6 is 34.7 Å². The summed E-state index contributed by atoms with van der Waals surface area (Å²) >= 11 is 8.51. The summed E-state index contributed by atoms with van der Waals surface area (Å²) in [6.07, 6.45) is 5.50. The van der Waals surface area contributed by atoms with E-state index < -0.39 is 0 Å². The molecule has 2 aromatic heterocycles. The summed E-state index contributed by atoms with van der Waals surface area (Å²) in [7, 11) is 0. The van der Waals surface area contributed by atoms with Crippen LogP contribution in [0.25, 0.3) is 0 Å². The van der Waals surface area contributed by atoms with Crippen LogP contribution in [0.1, 0.15) is 46.1 Å². The number of aryl methyl sites for hydroxylation is 1. The fraction of sp³-hybridized carbons (Fsp3) is 0.318. The van der Waals surface area contributed by atoms with Crippen LogP contribution < -0.4 is 10.7 Å². The number of nitrogens with zero attached hydrogens (tertiary/aromatic N) is 3. The third kappa shape index (κ3) is 6.16.